The van der Waals surface area contributed by atoms with Gasteiger partial charge >= 0.3 is 12.0 Å². The number of nitrogens with one attached hydrogen (secondary N) is 1. The summed E-state index contributed by atoms with van der Waals surface area (Å²) in [4.78, 5) is 24.4. The average Bonchev–Trinajstić information content (AvgIpc) is 2.29. The van der Waals surface area contributed by atoms with Gasteiger partial charge in [-0.3, -0.25) is 0 Å². The van der Waals surface area contributed by atoms with Crippen molar-refractivity contribution in [1.82, 2.24) is 4.90 Å². The van der Waals surface area contributed by atoms with Gasteiger partial charge in [-0.1, -0.05) is 6.07 Å². The Labute approximate surface area is 110 Å². The van der Waals surface area contributed by atoms with Crippen LogP contribution in [0, 0.1) is 0 Å². The highest BCUT2D eigenvalue weighted by Crippen LogP contribution is 2.29. The molecule has 1 saturated carbocycles. The number of aromatic carboxylic acids is 1. The summed E-state index contributed by atoms with van der Waals surface area (Å²) in [5, 5.41) is 21.2. The molecule has 1 aromatic carbocycles. The zero-order chi connectivity index (χ0) is 14.0. The van der Waals surface area contributed by atoms with E-state index in [0.717, 1.165) is 19.3 Å². The number of nitrogens with zero attached hydrogens (tertiary/aromatic N) is 1. The van der Waals surface area contributed by atoms with E-state index in [1.54, 1.807) is 11.9 Å². The van der Waals surface area contributed by atoms with Crippen LogP contribution in [0.15, 0.2) is 18.2 Å². The van der Waals surface area contributed by atoms with Crippen LogP contribution in [0.3, 0.4) is 0 Å². The van der Waals surface area contributed by atoms with Gasteiger partial charge in [0.25, 0.3) is 0 Å². The van der Waals surface area contributed by atoms with Crippen LogP contribution < -0.4 is 5.32 Å². The van der Waals surface area contributed by atoms with Gasteiger partial charge in [-0.15, -0.1) is 0 Å². The van der Waals surface area contributed by atoms with Crippen LogP contribution >= 0.6 is 0 Å². The summed E-state index contributed by atoms with van der Waals surface area (Å²) in [5.41, 5.74) is -0.125. The van der Waals surface area contributed by atoms with Gasteiger partial charge < -0.3 is 20.4 Å². The third kappa shape index (κ3) is 2.62. The first kappa shape index (κ1) is 13.2. The molecule has 2 amide bonds. The third-order valence-electron chi connectivity index (χ3n) is 3.45. The number of carbonyl (C=O) groups is 2. The lowest BCUT2D eigenvalue weighted by Gasteiger charge is -2.34. The Bertz CT molecular complexity index is 511. The highest BCUT2D eigenvalue weighted by Gasteiger charge is 2.26. The molecule has 6 nitrogen and oxygen atoms in total. The standard InChI is InChI=1S/C13H16N2O4/c1-15(8-4-2-5-8)13(19)14-10-7-3-6-9(11(10)16)12(17)18/h3,6-8,16H,2,4-5H2,1H3,(H,14,19)(H,17,18). The highest BCUT2D eigenvalue weighted by molar-refractivity contribution is 5.97. The van der Waals surface area contributed by atoms with Crippen LogP contribution in [-0.2, 0) is 0 Å². The molecule has 0 radical (unpaired) electrons. The molecule has 3 N–H and O–H groups in total. The number of rotatable bonds is 3. The normalized spacial score (nSPS) is 14.6. The molecule has 102 valence electrons. The molecule has 1 aliphatic rings. The van der Waals surface area contributed by atoms with Crippen LogP contribution in [-0.4, -0.2) is 40.2 Å². The minimum Gasteiger partial charge on any atom is -0.505 e. The second-order valence-corrected chi connectivity index (χ2v) is 4.63. The van der Waals surface area contributed by atoms with E-state index >= 15 is 0 Å². The lowest BCUT2D eigenvalue weighted by Crippen LogP contribution is -2.43. The number of phenols is 1. The van der Waals surface area contributed by atoms with Crippen molar-refractivity contribution in [2.75, 3.05) is 12.4 Å². The Kier molecular flexibility index (Phi) is 3.59. The van der Waals surface area contributed by atoms with Crippen LogP contribution in [0.1, 0.15) is 29.6 Å². The van der Waals surface area contributed by atoms with E-state index in [-0.39, 0.29) is 23.3 Å². The Morgan fingerprint density at radius 1 is 1.37 bits per heavy atom. The van der Waals surface area contributed by atoms with Gasteiger partial charge in [0.1, 0.15) is 5.56 Å². The van der Waals surface area contributed by atoms with Gasteiger partial charge in [-0.2, -0.15) is 0 Å². The van der Waals surface area contributed by atoms with Crippen molar-refractivity contribution < 1.29 is 19.8 Å². The third-order valence-corrected chi connectivity index (χ3v) is 3.45. The molecule has 0 heterocycles. The number of hydrogen-bond donors (Lipinski definition) is 3. The summed E-state index contributed by atoms with van der Waals surface area (Å²) in [7, 11) is 1.69. The summed E-state index contributed by atoms with van der Waals surface area (Å²) < 4.78 is 0. The van der Waals surface area contributed by atoms with Gasteiger partial charge in [-0.05, 0) is 31.4 Å². The molecule has 1 aliphatic carbocycles. The smallest absolute Gasteiger partial charge is 0.339 e. The number of hydrogen-bond acceptors (Lipinski definition) is 3. The minimum atomic E-state index is -1.24. The zero-order valence-electron chi connectivity index (χ0n) is 10.6. The predicted molar refractivity (Wildman–Crippen MR) is 69.5 cm³/mol. The predicted octanol–water partition coefficient (Wildman–Crippen LogP) is 2.11. The monoisotopic (exact) mass is 264 g/mol. The van der Waals surface area contributed by atoms with E-state index < -0.39 is 11.7 Å². The Balaban J connectivity index is 2.12. The van der Waals surface area contributed by atoms with Crippen LogP contribution in [0.4, 0.5) is 10.5 Å². The topological polar surface area (TPSA) is 89.9 Å². The molecule has 0 aromatic heterocycles. The summed E-state index contributed by atoms with van der Waals surface area (Å²) in [6.07, 6.45) is 3.07. The van der Waals surface area contributed by atoms with E-state index in [2.05, 4.69) is 5.32 Å². The van der Waals surface area contributed by atoms with Crippen molar-refractivity contribution in [3.8, 4) is 5.75 Å². The van der Waals surface area contributed by atoms with Gasteiger partial charge in [-0.25, -0.2) is 9.59 Å². The van der Waals surface area contributed by atoms with E-state index in [1.165, 1.54) is 18.2 Å². The maximum Gasteiger partial charge on any atom is 0.339 e. The molecule has 0 bridgehead atoms. The SMILES string of the molecule is CN(C(=O)Nc1cccc(C(=O)O)c1O)C1CCC1. The second kappa shape index (κ2) is 5.17. The summed E-state index contributed by atoms with van der Waals surface area (Å²) in [6.45, 7) is 0. The van der Waals surface area contributed by atoms with E-state index in [9.17, 15) is 14.7 Å². The molecule has 0 aliphatic heterocycles. The molecular weight excluding hydrogens is 248 g/mol. The first-order chi connectivity index (χ1) is 9.00. The maximum atomic E-state index is 11.9. The molecule has 2 rings (SSSR count). The fourth-order valence-electron chi connectivity index (χ4n) is 1.96. The number of benzene rings is 1. The van der Waals surface area contributed by atoms with Gasteiger partial charge in [0.15, 0.2) is 5.75 Å². The van der Waals surface area contributed by atoms with E-state index in [4.69, 9.17) is 5.11 Å². The number of carbonyl (C=O) groups excluding carboxylic acids is 1. The Hall–Kier alpha value is -2.24. The molecule has 1 fully saturated rings. The number of para-hydroxylation sites is 1. The van der Waals surface area contributed by atoms with Crippen LogP contribution in [0.5, 0.6) is 5.75 Å². The molecular formula is C13H16N2O4. The van der Waals surface area contributed by atoms with Crippen molar-refractivity contribution in [1.29, 1.82) is 0 Å². The molecule has 19 heavy (non-hydrogen) atoms. The molecule has 1 aromatic rings. The molecule has 0 unspecified atom stereocenters. The minimum absolute atomic E-state index is 0.107. The highest BCUT2D eigenvalue weighted by atomic mass is 16.4. The van der Waals surface area contributed by atoms with Crippen molar-refractivity contribution in [2.45, 2.75) is 25.3 Å². The number of urea groups is 1. The lowest BCUT2D eigenvalue weighted by atomic mass is 9.92. The quantitative estimate of drug-likeness (QED) is 0.729. The Morgan fingerprint density at radius 3 is 2.58 bits per heavy atom. The van der Waals surface area contributed by atoms with Crippen molar-refractivity contribution >= 4 is 17.7 Å². The zero-order valence-corrected chi connectivity index (χ0v) is 10.6. The molecule has 0 spiro atoms. The summed E-state index contributed by atoms with van der Waals surface area (Å²) in [5.74, 6) is -1.66. The average molecular weight is 264 g/mol. The fraction of sp³-hybridized carbons (Fsp3) is 0.385. The number of aromatic hydroxyl groups is 1. The second-order valence-electron chi connectivity index (χ2n) is 4.63. The molecule has 0 atom stereocenters. The van der Waals surface area contributed by atoms with Crippen molar-refractivity contribution in [2.24, 2.45) is 0 Å². The lowest BCUT2D eigenvalue weighted by molar-refractivity contribution is 0.0693. The first-order valence-electron chi connectivity index (χ1n) is 6.09. The van der Waals surface area contributed by atoms with Gasteiger partial charge in [0.2, 0.25) is 0 Å². The van der Waals surface area contributed by atoms with Crippen LogP contribution in [0.2, 0.25) is 0 Å². The van der Waals surface area contributed by atoms with E-state index in [1.807, 2.05) is 0 Å². The van der Waals surface area contributed by atoms with Crippen molar-refractivity contribution in [3.05, 3.63) is 23.8 Å². The number of amides is 2. The fourth-order valence-corrected chi connectivity index (χ4v) is 1.96. The number of carboxylic acids is 1. The first-order valence-corrected chi connectivity index (χ1v) is 6.09. The largest absolute Gasteiger partial charge is 0.505 e. The van der Waals surface area contributed by atoms with Crippen molar-refractivity contribution in [3.63, 3.8) is 0 Å². The van der Waals surface area contributed by atoms with E-state index in [0.29, 0.717) is 0 Å². The van der Waals surface area contributed by atoms with Crippen LogP contribution in [0.25, 0.3) is 0 Å². The number of carboxylic acid groups (broad SMARTS) is 1. The summed E-state index contributed by atoms with van der Waals surface area (Å²) >= 11 is 0. The van der Waals surface area contributed by atoms with Gasteiger partial charge in [0, 0.05) is 13.1 Å². The summed E-state index contributed by atoms with van der Waals surface area (Å²) in [6, 6.07) is 4.10. The number of anilines is 1. The molecule has 6 heteroatoms. The maximum absolute atomic E-state index is 11.9. The molecule has 0 saturated heterocycles. The van der Waals surface area contributed by atoms with Gasteiger partial charge in [0.05, 0.1) is 5.69 Å². The Morgan fingerprint density at radius 2 is 2.05 bits per heavy atom.